The minimum Gasteiger partial charge on any atom is -1.00 e. The molecule has 1 heterocycles. The smallest absolute Gasteiger partial charge is 0.304 e. The monoisotopic (exact) mass is 335 g/mol. The van der Waals surface area contributed by atoms with Crippen molar-refractivity contribution in [2.45, 2.75) is 13.0 Å². The van der Waals surface area contributed by atoms with Crippen LogP contribution >= 0.6 is 11.6 Å². The van der Waals surface area contributed by atoms with Crippen LogP contribution in [0.25, 0.3) is 11.3 Å². The molecular weight excluding hydrogens is 321 g/mol. The van der Waals surface area contributed by atoms with Gasteiger partial charge in [0, 0.05) is 11.4 Å². The van der Waals surface area contributed by atoms with Crippen LogP contribution in [-0.2, 0) is 13.0 Å². The molecular formula is C16H15Cl2N3O. The van der Waals surface area contributed by atoms with Gasteiger partial charge >= 0.3 is 11.6 Å². The fraction of sp³-hybridized carbons (Fsp3) is 0.125. The molecule has 0 unspecified atom stereocenters. The molecule has 0 atom stereocenters. The number of nitrogen functional groups attached to an aromatic ring is 1. The number of aromatic nitrogens is 2. The summed E-state index contributed by atoms with van der Waals surface area (Å²) in [5.41, 5.74) is 8.86. The maximum atomic E-state index is 5.92. The lowest BCUT2D eigenvalue weighted by Crippen LogP contribution is -3.00. The highest BCUT2D eigenvalue weighted by molar-refractivity contribution is 6.30. The second-order valence-electron chi connectivity index (χ2n) is 4.75. The van der Waals surface area contributed by atoms with Crippen molar-refractivity contribution in [1.82, 2.24) is 5.27 Å². The Morgan fingerprint density at radius 1 is 1.05 bits per heavy atom. The molecule has 0 saturated carbocycles. The molecule has 3 aromatic rings. The lowest BCUT2D eigenvalue weighted by molar-refractivity contribution is -0.752. The van der Waals surface area contributed by atoms with Crippen LogP contribution in [0.15, 0.2) is 59.1 Å². The van der Waals surface area contributed by atoms with Crippen LogP contribution in [0.3, 0.4) is 0 Å². The van der Waals surface area contributed by atoms with Gasteiger partial charge in [-0.05, 0) is 34.5 Å². The highest BCUT2D eigenvalue weighted by Crippen LogP contribution is 2.23. The van der Waals surface area contributed by atoms with E-state index in [2.05, 4.69) is 17.4 Å². The quantitative estimate of drug-likeness (QED) is 0.688. The van der Waals surface area contributed by atoms with E-state index in [0.717, 1.165) is 17.7 Å². The van der Waals surface area contributed by atoms with Gasteiger partial charge in [0.05, 0.1) is 5.56 Å². The molecule has 0 spiro atoms. The number of nitrogens with two attached hydrogens (primary N) is 1. The number of aryl methyl sites for hydroxylation is 2. The van der Waals surface area contributed by atoms with Gasteiger partial charge in [0.1, 0.15) is 0 Å². The van der Waals surface area contributed by atoms with Crippen molar-refractivity contribution in [3.05, 3.63) is 65.2 Å². The molecule has 22 heavy (non-hydrogen) atoms. The molecule has 0 amide bonds. The summed E-state index contributed by atoms with van der Waals surface area (Å²) in [6.07, 6.45) is 0.859. The molecule has 0 aliphatic carbocycles. The molecule has 1 aromatic heterocycles. The van der Waals surface area contributed by atoms with Gasteiger partial charge < -0.3 is 18.1 Å². The zero-order valence-corrected chi connectivity index (χ0v) is 13.3. The summed E-state index contributed by atoms with van der Waals surface area (Å²) in [6.45, 7) is 0.697. The molecule has 2 N–H and O–H groups in total. The molecule has 4 nitrogen and oxygen atoms in total. The van der Waals surface area contributed by atoms with E-state index in [-0.39, 0.29) is 12.4 Å². The van der Waals surface area contributed by atoms with E-state index in [0.29, 0.717) is 17.5 Å². The second-order valence-corrected chi connectivity index (χ2v) is 5.19. The lowest BCUT2D eigenvalue weighted by atomic mass is 10.1. The van der Waals surface area contributed by atoms with Crippen LogP contribution in [0.4, 0.5) is 5.88 Å². The van der Waals surface area contributed by atoms with E-state index < -0.39 is 0 Å². The Morgan fingerprint density at radius 3 is 2.41 bits per heavy atom. The first kappa shape index (κ1) is 16.3. The van der Waals surface area contributed by atoms with Crippen molar-refractivity contribution in [3.8, 4) is 11.3 Å². The summed E-state index contributed by atoms with van der Waals surface area (Å²) < 4.78 is 6.91. The normalized spacial score (nSPS) is 10.2. The van der Waals surface area contributed by atoms with E-state index in [9.17, 15) is 0 Å². The molecule has 0 bridgehead atoms. The van der Waals surface area contributed by atoms with Gasteiger partial charge in [-0.3, -0.25) is 4.52 Å². The Bertz CT molecular complexity index is 727. The first-order valence-electron chi connectivity index (χ1n) is 6.69. The van der Waals surface area contributed by atoms with Crippen LogP contribution in [0.2, 0.25) is 5.02 Å². The highest BCUT2D eigenvalue weighted by atomic mass is 35.5. The van der Waals surface area contributed by atoms with E-state index in [4.69, 9.17) is 21.9 Å². The number of hydrogen-bond donors (Lipinski definition) is 1. The average molecular weight is 336 g/mol. The lowest BCUT2D eigenvalue weighted by Gasteiger charge is -1.98. The maximum absolute atomic E-state index is 5.92. The summed E-state index contributed by atoms with van der Waals surface area (Å²) >= 11 is 5.92. The van der Waals surface area contributed by atoms with Crippen molar-refractivity contribution in [3.63, 3.8) is 0 Å². The molecule has 0 aliphatic heterocycles. The summed E-state index contributed by atoms with van der Waals surface area (Å²) in [5, 5.41) is 4.70. The molecule has 0 fully saturated rings. The number of rotatable bonds is 4. The van der Waals surface area contributed by atoms with Crippen LogP contribution in [0, 0.1) is 0 Å². The van der Waals surface area contributed by atoms with Crippen LogP contribution in [0.1, 0.15) is 5.56 Å². The summed E-state index contributed by atoms with van der Waals surface area (Å²) in [5.74, 6) is 0.311. The van der Waals surface area contributed by atoms with Crippen molar-refractivity contribution >= 4 is 17.5 Å². The van der Waals surface area contributed by atoms with Crippen molar-refractivity contribution < 1.29 is 21.6 Å². The molecule has 0 aliphatic rings. The average Bonchev–Trinajstić information content (AvgIpc) is 2.88. The van der Waals surface area contributed by atoms with E-state index >= 15 is 0 Å². The van der Waals surface area contributed by atoms with E-state index in [1.807, 2.05) is 42.5 Å². The Balaban J connectivity index is 0.00000176. The largest absolute Gasteiger partial charge is 1.00 e. The van der Waals surface area contributed by atoms with Crippen molar-refractivity contribution in [2.75, 3.05) is 5.73 Å². The van der Waals surface area contributed by atoms with Gasteiger partial charge in [-0.1, -0.05) is 41.9 Å². The van der Waals surface area contributed by atoms with Gasteiger partial charge in [0.15, 0.2) is 6.54 Å². The van der Waals surface area contributed by atoms with Gasteiger partial charge in [0.25, 0.3) is 0 Å². The third kappa shape index (κ3) is 3.59. The van der Waals surface area contributed by atoms with Crippen LogP contribution in [-0.4, -0.2) is 5.27 Å². The number of hydrogen-bond acceptors (Lipinski definition) is 3. The predicted octanol–water partition coefficient (Wildman–Crippen LogP) is 0.111. The zero-order valence-electron chi connectivity index (χ0n) is 11.7. The standard InChI is InChI=1S/C16H15ClN3O.ClH/c17-14-8-6-13(7-9-14)15-16(18)21-19-20(15)11-10-12-4-2-1-3-5-12;/h1-9H,10-11,18H2;1H/q+1;/p-1. The Morgan fingerprint density at radius 2 is 1.73 bits per heavy atom. The van der Waals surface area contributed by atoms with Gasteiger partial charge in [-0.15, -0.1) is 0 Å². The molecule has 2 aromatic carbocycles. The fourth-order valence-corrected chi connectivity index (χ4v) is 2.36. The zero-order chi connectivity index (χ0) is 14.7. The Kier molecular flexibility index (Phi) is 5.41. The first-order valence-corrected chi connectivity index (χ1v) is 7.07. The van der Waals surface area contributed by atoms with Gasteiger partial charge in [0.2, 0.25) is 5.27 Å². The molecule has 0 saturated heterocycles. The molecule has 114 valence electrons. The van der Waals surface area contributed by atoms with E-state index in [1.165, 1.54) is 5.56 Å². The molecule has 3 rings (SSSR count). The third-order valence-corrected chi connectivity index (χ3v) is 3.55. The number of benzene rings is 2. The van der Waals surface area contributed by atoms with Crippen molar-refractivity contribution in [1.29, 1.82) is 0 Å². The third-order valence-electron chi connectivity index (χ3n) is 3.30. The summed E-state index contributed by atoms with van der Waals surface area (Å²) in [7, 11) is 0. The van der Waals surface area contributed by atoms with Crippen LogP contribution < -0.4 is 22.8 Å². The topological polar surface area (TPSA) is 55.9 Å². The predicted molar refractivity (Wildman–Crippen MR) is 81.7 cm³/mol. The molecule has 0 radical (unpaired) electrons. The minimum absolute atomic E-state index is 0. The minimum atomic E-state index is 0. The van der Waals surface area contributed by atoms with Crippen LogP contribution in [0.5, 0.6) is 0 Å². The fourth-order valence-electron chi connectivity index (χ4n) is 2.24. The summed E-state index contributed by atoms with van der Waals surface area (Å²) in [6, 6.07) is 17.7. The van der Waals surface area contributed by atoms with Gasteiger partial charge in [-0.2, -0.15) is 0 Å². The number of nitrogens with zero attached hydrogens (tertiary/aromatic N) is 2. The highest BCUT2D eigenvalue weighted by Gasteiger charge is 2.24. The second kappa shape index (κ2) is 7.29. The Labute approximate surface area is 139 Å². The Hall–Kier alpha value is -2.04. The maximum Gasteiger partial charge on any atom is 0.304 e. The van der Waals surface area contributed by atoms with Crippen molar-refractivity contribution in [2.24, 2.45) is 0 Å². The molecule has 6 heteroatoms. The number of anilines is 1. The van der Waals surface area contributed by atoms with Gasteiger partial charge in [-0.25, -0.2) is 0 Å². The number of halogens is 2. The van der Waals surface area contributed by atoms with E-state index in [1.54, 1.807) is 4.68 Å². The first-order chi connectivity index (χ1) is 10.2. The summed E-state index contributed by atoms with van der Waals surface area (Å²) in [4.78, 5) is 0. The SMILES string of the molecule is Nc1on[n+](CCc2ccccc2)c1-c1ccc(Cl)cc1.[Cl-].